The SMILES string of the molecule is CCC(NC(=O)CCCN(c1cc(Cl)ccc1C)S(C)(=O)=O)c1ccc2c(c1)CCCC2. The van der Waals surface area contributed by atoms with Gasteiger partial charge < -0.3 is 5.32 Å². The highest BCUT2D eigenvalue weighted by Crippen LogP contribution is 2.28. The molecular formula is C25H33ClN2O3S. The first-order chi connectivity index (χ1) is 15.2. The highest BCUT2D eigenvalue weighted by atomic mass is 35.5. The van der Waals surface area contributed by atoms with Gasteiger partial charge in [-0.05, 0) is 79.8 Å². The van der Waals surface area contributed by atoms with Gasteiger partial charge in [-0.1, -0.05) is 42.8 Å². The lowest BCUT2D eigenvalue weighted by Gasteiger charge is -2.25. The number of hydrogen-bond acceptors (Lipinski definition) is 3. The summed E-state index contributed by atoms with van der Waals surface area (Å²) < 4.78 is 26.1. The van der Waals surface area contributed by atoms with Gasteiger partial charge in [0.25, 0.3) is 0 Å². The molecule has 5 nitrogen and oxygen atoms in total. The Bertz CT molecular complexity index is 1070. The number of benzene rings is 2. The lowest BCUT2D eigenvalue weighted by atomic mass is 9.89. The van der Waals surface area contributed by atoms with Crippen molar-refractivity contribution in [3.63, 3.8) is 0 Å². The summed E-state index contributed by atoms with van der Waals surface area (Å²) in [5, 5.41) is 3.61. The van der Waals surface area contributed by atoms with E-state index in [1.54, 1.807) is 18.2 Å². The molecule has 7 heteroatoms. The van der Waals surface area contributed by atoms with Crippen LogP contribution in [-0.4, -0.2) is 27.1 Å². The predicted octanol–water partition coefficient (Wildman–Crippen LogP) is 5.34. The number of aryl methyl sites for hydroxylation is 3. The van der Waals surface area contributed by atoms with Gasteiger partial charge in [0.15, 0.2) is 0 Å². The van der Waals surface area contributed by atoms with Gasteiger partial charge in [-0.3, -0.25) is 9.10 Å². The van der Waals surface area contributed by atoms with Gasteiger partial charge >= 0.3 is 0 Å². The first kappa shape index (κ1) is 24.6. The van der Waals surface area contributed by atoms with Crippen molar-refractivity contribution in [1.82, 2.24) is 5.32 Å². The predicted molar refractivity (Wildman–Crippen MR) is 132 cm³/mol. The molecule has 1 atom stereocenters. The van der Waals surface area contributed by atoms with Crippen LogP contribution in [0.4, 0.5) is 5.69 Å². The number of sulfonamides is 1. The summed E-state index contributed by atoms with van der Waals surface area (Å²) in [6.07, 6.45) is 7.39. The largest absolute Gasteiger partial charge is 0.349 e. The third kappa shape index (κ3) is 6.26. The van der Waals surface area contributed by atoms with Crippen LogP contribution >= 0.6 is 11.6 Å². The standard InChI is InChI=1S/C25H33ClN2O3S/c1-4-23(21-13-12-19-8-5-6-9-20(19)16-21)27-25(29)10-7-15-28(32(3,30)31)24-17-22(26)14-11-18(24)2/h11-14,16-17,23H,4-10,15H2,1-3H3,(H,27,29). The Morgan fingerprint density at radius 2 is 1.84 bits per heavy atom. The fraction of sp³-hybridized carbons (Fsp3) is 0.480. The van der Waals surface area contributed by atoms with Crippen LogP contribution in [0.25, 0.3) is 0 Å². The molecule has 1 N–H and O–H groups in total. The van der Waals surface area contributed by atoms with E-state index in [0.29, 0.717) is 17.1 Å². The number of carbonyl (C=O) groups is 1. The average Bonchev–Trinajstić information content (AvgIpc) is 2.76. The number of halogens is 1. The Balaban J connectivity index is 1.62. The number of rotatable bonds is 9. The van der Waals surface area contributed by atoms with E-state index in [4.69, 9.17) is 11.6 Å². The number of nitrogens with zero attached hydrogens (tertiary/aromatic N) is 1. The second-order valence-corrected chi connectivity index (χ2v) is 11.0. The van der Waals surface area contributed by atoms with Crippen LogP contribution in [0.5, 0.6) is 0 Å². The molecule has 1 aliphatic rings. The highest BCUT2D eigenvalue weighted by Gasteiger charge is 2.21. The van der Waals surface area contributed by atoms with Crippen LogP contribution < -0.4 is 9.62 Å². The summed E-state index contributed by atoms with van der Waals surface area (Å²) in [4.78, 5) is 12.7. The van der Waals surface area contributed by atoms with Crippen molar-refractivity contribution in [3.05, 3.63) is 63.7 Å². The van der Waals surface area contributed by atoms with Crippen LogP contribution in [0.2, 0.25) is 5.02 Å². The van der Waals surface area contributed by atoms with E-state index in [-0.39, 0.29) is 24.9 Å². The summed E-state index contributed by atoms with van der Waals surface area (Å²) in [5.74, 6) is -0.0640. The van der Waals surface area contributed by atoms with Gasteiger partial charge in [0.2, 0.25) is 15.9 Å². The molecule has 2 aromatic carbocycles. The topological polar surface area (TPSA) is 66.5 Å². The van der Waals surface area contributed by atoms with Crippen molar-refractivity contribution >= 4 is 33.2 Å². The summed E-state index contributed by atoms with van der Waals surface area (Å²) in [7, 11) is -3.49. The molecule has 0 radical (unpaired) electrons. The minimum atomic E-state index is -3.49. The minimum Gasteiger partial charge on any atom is -0.349 e. The lowest BCUT2D eigenvalue weighted by molar-refractivity contribution is -0.121. The monoisotopic (exact) mass is 476 g/mol. The number of fused-ring (bicyclic) bond motifs is 1. The second kappa shape index (κ2) is 10.7. The number of hydrogen-bond donors (Lipinski definition) is 1. The van der Waals surface area contributed by atoms with Crippen molar-refractivity contribution in [1.29, 1.82) is 0 Å². The molecule has 0 aromatic heterocycles. The van der Waals surface area contributed by atoms with E-state index in [0.717, 1.165) is 30.4 Å². The number of nitrogens with one attached hydrogen (secondary N) is 1. The van der Waals surface area contributed by atoms with Gasteiger partial charge in [-0.2, -0.15) is 0 Å². The molecule has 2 aromatic rings. The van der Waals surface area contributed by atoms with Crippen molar-refractivity contribution < 1.29 is 13.2 Å². The molecule has 1 amide bonds. The molecule has 32 heavy (non-hydrogen) atoms. The van der Waals surface area contributed by atoms with Crippen molar-refractivity contribution in [2.45, 2.75) is 64.8 Å². The molecule has 1 unspecified atom stereocenters. The average molecular weight is 477 g/mol. The van der Waals surface area contributed by atoms with E-state index in [9.17, 15) is 13.2 Å². The Morgan fingerprint density at radius 3 is 2.53 bits per heavy atom. The molecule has 0 heterocycles. The first-order valence-corrected chi connectivity index (χ1v) is 13.6. The maximum atomic E-state index is 12.7. The highest BCUT2D eigenvalue weighted by molar-refractivity contribution is 7.92. The Morgan fingerprint density at radius 1 is 1.12 bits per heavy atom. The molecule has 0 aliphatic heterocycles. The summed E-state index contributed by atoms with van der Waals surface area (Å²) in [6, 6.07) is 11.7. The van der Waals surface area contributed by atoms with Crippen molar-refractivity contribution in [3.8, 4) is 0 Å². The van der Waals surface area contributed by atoms with E-state index in [1.165, 1.54) is 34.5 Å². The van der Waals surface area contributed by atoms with Crippen LogP contribution in [0.1, 0.15) is 67.3 Å². The van der Waals surface area contributed by atoms with E-state index in [1.807, 2.05) is 6.92 Å². The molecule has 3 rings (SSSR count). The summed E-state index contributed by atoms with van der Waals surface area (Å²) in [5.41, 5.74) is 5.36. The third-order valence-electron chi connectivity index (χ3n) is 6.12. The second-order valence-electron chi connectivity index (χ2n) is 8.63. The zero-order chi connectivity index (χ0) is 23.3. The number of carbonyl (C=O) groups excluding carboxylic acids is 1. The van der Waals surface area contributed by atoms with Crippen LogP contribution in [-0.2, 0) is 27.7 Å². The molecule has 0 spiro atoms. The summed E-state index contributed by atoms with van der Waals surface area (Å²) >= 11 is 6.09. The smallest absolute Gasteiger partial charge is 0.232 e. The Kier molecular flexibility index (Phi) is 8.23. The van der Waals surface area contributed by atoms with Crippen LogP contribution in [0.3, 0.4) is 0 Å². The molecule has 0 fully saturated rings. The molecular weight excluding hydrogens is 444 g/mol. The van der Waals surface area contributed by atoms with Gasteiger partial charge in [0.1, 0.15) is 0 Å². The number of amides is 1. The maximum Gasteiger partial charge on any atom is 0.232 e. The van der Waals surface area contributed by atoms with Gasteiger partial charge in [-0.15, -0.1) is 0 Å². The quantitative estimate of drug-likeness (QED) is 0.531. The lowest BCUT2D eigenvalue weighted by Crippen LogP contribution is -2.33. The third-order valence-corrected chi connectivity index (χ3v) is 7.54. The molecule has 0 bridgehead atoms. The fourth-order valence-electron chi connectivity index (χ4n) is 4.36. The van der Waals surface area contributed by atoms with Gasteiger partial charge in [0, 0.05) is 18.0 Å². The minimum absolute atomic E-state index is 0.0316. The molecule has 0 saturated carbocycles. The number of anilines is 1. The fourth-order valence-corrected chi connectivity index (χ4v) is 5.54. The van der Waals surface area contributed by atoms with Crippen molar-refractivity contribution in [2.24, 2.45) is 0 Å². The van der Waals surface area contributed by atoms with Crippen LogP contribution in [0.15, 0.2) is 36.4 Å². The maximum absolute atomic E-state index is 12.7. The van der Waals surface area contributed by atoms with Crippen LogP contribution in [0, 0.1) is 6.92 Å². The zero-order valence-corrected chi connectivity index (χ0v) is 20.7. The summed E-state index contributed by atoms with van der Waals surface area (Å²) in [6.45, 7) is 4.14. The van der Waals surface area contributed by atoms with E-state index >= 15 is 0 Å². The molecule has 174 valence electrons. The Hall–Kier alpha value is -2.05. The molecule has 1 aliphatic carbocycles. The van der Waals surface area contributed by atoms with Crippen molar-refractivity contribution in [2.75, 3.05) is 17.1 Å². The molecule has 0 saturated heterocycles. The Labute approximate surface area is 197 Å². The van der Waals surface area contributed by atoms with Gasteiger partial charge in [-0.25, -0.2) is 8.42 Å². The van der Waals surface area contributed by atoms with E-state index in [2.05, 4.69) is 30.4 Å². The van der Waals surface area contributed by atoms with E-state index < -0.39 is 10.0 Å². The normalized spacial score (nSPS) is 14.5. The van der Waals surface area contributed by atoms with Gasteiger partial charge in [0.05, 0.1) is 18.0 Å². The first-order valence-electron chi connectivity index (χ1n) is 11.3. The zero-order valence-electron chi connectivity index (χ0n) is 19.2.